The second-order valence-electron chi connectivity index (χ2n) is 7.00. The first kappa shape index (κ1) is 20.8. The van der Waals surface area contributed by atoms with E-state index in [1.807, 2.05) is 67.6 Å². The van der Waals surface area contributed by atoms with E-state index in [1.54, 1.807) is 5.01 Å². The molecule has 3 aromatic rings. The van der Waals surface area contributed by atoms with E-state index in [0.29, 0.717) is 18.3 Å². The highest BCUT2D eigenvalue weighted by Gasteiger charge is 2.23. The molecule has 1 aliphatic rings. The summed E-state index contributed by atoms with van der Waals surface area (Å²) >= 11 is 1.45. The molecule has 0 saturated heterocycles. The van der Waals surface area contributed by atoms with Gasteiger partial charge in [0.25, 0.3) is 5.91 Å². The van der Waals surface area contributed by atoms with Gasteiger partial charge in [0, 0.05) is 12.1 Å². The van der Waals surface area contributed by atoms with Crippen LogP contribution < -0.4 is 11.1 Å². The zero-order chi connectivity index (χ0) is 21.6. The van der Waals surface area contributed by atoms with Crippen LogP contribution in [0.15, 0.2) is 65.8 Å². The Balaban J connectivity index is 1.37. The Morgan fingerprint density at radius 3 is 2.55 bits per heavy atom. The molecule has 31 heavy (non-hydrogen) atoms. The maximum atomic E-state index is 12.6. The Labute approximate surface area is 185 Å². The summed E-state index contributed by atoms with van der Waals surface area (Å²) in [5.41, 5.74) is 8.72. The fourth-order valence-corrected chi connectivity index (χ4v) is 3.91. The molecule has 1 aliphatic heterocycles. The first-order valence-electron chi connectivity index (χ1n) is 9.97. The van der Waals surface area contributed by atoms with Crippen molar-refractivity contribution in [1.29, 1.82) is 0 Å². The van der Waals surface area contributed by atoms with E-state index in [9.17, 15) is 4.79 Å². The number of rotatable bonds is 7. The van der Waals surface area contributed by atoms with E-state index in [2.05, 4.69) is 25.4 Å². The van der Waals surface area contributed by atoms with Gasteiger partial charge < -0.3 is 11.1 Å². The van der Waals surface area contributed by atoms with Crippen LogP contribution in [0.5, 0.6) is 0 Å². The van der Waals surface area contributed by atoms with Crippen molar-refractivity contribution in [3.63, 3.8) is 0 Å². The number of carbonyl (C=O) groups is 1. The molecule has 1 amide bonds. The molecule has 1 aromatic heterocycles. The predicted molar refractivity (Wildman–Crippen MR) is 124 cm³/mol. The molecule has 4 rings (SSSR count). The summed E-state index contributed by atoms with van der Waals surface area (Å²) in [6, 6.07) is 19.5. The number of nitrogen functional groups attached to an aromatic ring is 1. The molecule has 0 bridgehead atoms. The van der Waals surface area contributed by atoms with Crippen LogP contribution in [-0.2, 0) is 4.79 Å². The lowest BCUT2D eigenvalue weighted by atomic mass is 10.1. The molecule has 9 heteroatoms. The first-order valence-corrected chi connectivity index (χ1v) is 11.0. The third-order valence-corrected chi connectivity index (χ3v) is 5.84. The van der Waals surface area contributed by atoms with E-state index < -0.39 is 0 Å². The second kappa shape index (κ2) is 9.57. The van der Waals surface area contributed by atoms with Gasteiger partial charge in [-0.3, -0.25) is 4.79 Å². The number of hydrazone groups is 1. The van der Waals surface area contributed by atoms with Gasteiger partial charge in [-0.15, -0.1) is 11.8 Å². The number of aromatic nitrogens is 3. The average Bonchev–Trinajstić information content (AvgIpc) is 3.29. The number of para-hydroxylation sites is 1. The monoisotopic (exact) mass is 433 g/mol. The Hall–Kier alpha value is -3.46. The van der Waals surface area contributed by atoms with Gasteiger partial charge >= 0.3 is 0 Å². The number of hydrogen-bond donors (Lipinski definition) is 2. The van der Waals surface area contributed by atoms with E-state index in [-0.39, 0.29) is 22.9 Å². The molecule has 3 N–H and O–H groups in total. The smallest absolute Gasteiger partial charge is 0.252 e. The highest BCUT2D eigenvalue weighted by molar-refractivity contribution is 8.00. The van der Waals surface area contributed by atoms with E-state index >= 15 is 0 Å². The van der Waals surface area contributed by atoms with Crippen molar-refractivity contribution in [2.24, 2.45) is 5.10 Å². The molecule has 8 nitrogen and oxygen atoms in total. The van der Waals surface area contributed by atoms with Gasteiger partial charge in [-0.05, 0) is 24.6 Å². The normalized spacial score (nSPS) is 14.2. The van der Waals surface area contributed by atoms with Gasteiger partial charge in [0.15, 0.2) is 0 Å². The molecule has 0 radical (unpaired) electrons. The van der Waals surface area contributed by atoms with Crippen LogP contribution in [0.25, 0.3) is 0 Å². The predicted octanol–water partition coefficient (Wildman–Crippen LogP) is 3.63. The molecule has 1 atom stereocenters. The van der Waals surface area contributed by atoms with E-state index in [1.165, 1.54) is 11.8 Å². The van der Waals surface area contributed by atoms with Gasteiger partial charge in [-0.25, -0.2) is 5.01 Å². The van der Waals surface area contributed by atoms with Crippen LogP contribution in [-0.4, -0.2) is 43.9 Å². The Morgan fingerprint density at radius 2 is 1.81 bits per heavy atom. The highest BCUT2D eigenvalue weighted by Crippen LogP contribution is 2.27. The lowest BCUT2D eigenvalue weighted by Gasteiger charge is -2.14. The maximum Gasteiger partial charge on any atom is 0.252 e. The summed E-state index contributed by atoms with van der Waals surface area (Å²) in [5, 5.41) is 9.04. The summed E-state index contributed by atoms with van der Waals surface area (Å²) in [6.07, 6.45) is 0.758. The summed E-state index contributed by atoms with van der Waals surface area (Å²) in [5.74, 6) is 1.29. The molecule has 0 aliphatic carbocycles. The van der Waals surface area contributed by atoms with Crippen molar-refractivity contribution in [3.05, 3.63) is 72.1 Å². The van der Waals surface area contributed by atoms with Crippen LogP contribution in [0, 0.1) is 0 Å². The molecular weight excluding hydrogens is 410 g/mol. The van der Waals surface area contributed by atoms with Crippen LogP contribution in [0.4, 0.5) is 17.6 Å². The van der Waals surface area contributed by atoms with Crippen molar-refractivity contribution >= 4 is 41.0 Å². The first-order chi connectivity index (χ1) is 15.1. The van der Waals surface area contributed by atoms with Gasteiger partial charge in [0.05, 0.1) is 23.3 Å². The molecule has 2 heterocycles. The number of nitrogens with zero attached hydrogens (tertiary/aromatic N) is 5. The number of hydrogen-bond acceptors (Lipinski definition) is 8. The number of amides is 1. The van der Waals surface area contributed by atoms with E-state index in [0.717, 1.165) is 23.4 Å². The topological polar surface area (TPSA) is 109 Å². The highest BCUT2D eigenvalue weighted by atomic mass is 32.2. The van der Waals surface area contributed by atoms with Gasteiger partial charge in [-0.2, -0.15) is 20.1 Å². The zero-order valence-corrected chi connectivity index (χ0v) is 17.9. The molecule has 1 unspecified atom stereocenters. The largest absolute Gasteiger partial charge is 0.368 e. The molecule has 158 valence electrons. The Kier molecular flexibility index (Phi) is 6.42. The lowest BCUT2D eigenvalue weighted by molar-refractivity contribution is -0.127. The lowest BCUT2D eigenvalue weighted by Crippen LogP contribution is -2.25. The summed E-state index contributed by atoms with van der Waals surface area (Å²) < 4.78 is 0. The summed E-state index contributed by atoms with van der Waals surface area (Å²) in [7, 11) is 0. The Morgan fingerprint density at radius 1 is 1.10 bits per heavy atom. The summed E-state index contributed by atoms with van der Waals surface area (Å²) in [6.45, 7) is 2.55. The van der Waals surface area contributed by atoms with Gasteiger partial charge in [-0.1, -0.05) is 48.5 Å². The fourth-order valence-electron chi connectivity index (χ4n) is 3.11. The average molecular weight is 434 g/mol. The zero-order valence-electron chi connectivity index (χ0n) is 17.1. The Bertz CT molecular complexity index is 1080. The standard InChI is InChI=1S/C22H23N7OS/c1-15(20-25-21(23)27-22(26-20)24-17-10-6-3-7-11-17)31-14-19(30)29-13-12-18(28-29)16-8-4-2-5-9-16/h2-11,15H,12-14H2,1H3,(H3,23,24,25,26,27). The molecular formula is C22H23N7OS. The van der Waals surface area contributed by atoms with Crippen LogP contribution in [0.1, 0.15) is 30.0 Å². The van der Waals surface area contributed by atoms with E-state index in [4.69, 9.17) is 5.73 Å². The van der Waals surface area contributed by atoms with Crippen LogP contribution >= 0.6 is 11.8 Å². The van der Waals surface area contributed by atoms with Gasteiger partial charge in [0.1, 0.15) is 5.82 Å². The molecule has 0 spiro atoms. The van der Waals surface area contributed by atoms with Crippen molar-refractivity contribution < 1.29 is 4.79 Å². The van der Waals surface area contributed by atoms with Crippen molar-refractivity contribution in [1.82, 2.24) is 20.0 Å². The molecule has 0 fully saturated rings. The summed E-state index contributed by atoms with van der Waals surface area (Å²) in [4.78, 5) is 25.5. The number of carbonyl (C=O) groups excluding carboxylic acids is 1. The third-order valence-electron chi connectivity index (χ3n) is 4.72. The number of thioether (sulfide) groups is 1. The third kappa shape index (κ3) is 5.37. The van der Waals surface area contributed by atoms with Crippen molar-refractivity contribution in [2.75, 3.05) is 23.3 Å². The number of nitrogens with two attached hydrogens (primary N) is 1. The quantitative estimate of drug-likeness (QED) is 0.585. The minimum Gasteiger partial charge on any atom is -0.368 e. The SMILES string of the molecule is CC(SCC(=O)N1CCC(c2ccccc2)=N1)c1nc(N)nc(Nc2ccccc2)n1. The maximum absolute atomic E-state index is 12.6. The fraction of sp³-hybridized carbons (Fsp3) is 0.227. The van der Waals surface area contributed by atoms with Gasteiger partial charge in [0.2, 0.25) is 11.9 Å². The molecule has 0 saturated carbocycles. The minimum absolute atomic E-state index is 0.0348. The second-order valence-corrected chi connectivity index (χ2v) is 8.33. The van der Waals surface area contributed by atoms with Crippen molar-refractivity contribution in [2.45, 2.75) is 18.6 Å². The van der Waals surface area contributed by atoms with Crippen LogP contribution in [0.2, 0.25) is 0 Å². The molecule has 2 aromatic carbocycles. The minimum atomic E-state index is -0.134. The number of anilines is 3. The van der Waals surface area contributed by atoms with Crippen LogP contribution in [0.3, 0.4) is 0 Å². The van der Waals surface area contributed by atoms with Crippen molar-refractivity contribution in [3.8, 4) is 0 Å². The number of nitrogens with one attached hydrogen (secondary N) is 1. The number of benzene rings is 2.